The fourth-order valence-corrected chi connectivity index (χ4v) is 2.57. The average Bonchev–Trinajstić information content (AvgIpc) is 2.70. The number of carbonyl (C=O) groups excluding carboxylic acids is 1. The molecule has 1 aromatic rings. The van der Waals surface area contributed by atoms with Gasteiger partial charge in [0.05, 0.1) is 11.6 Å². The van der Waals surface area contributed by atoms with Gasteiger partial charge in [-0.3, -0.25) is 4.79 Å². The van der Waals surface area contributed by atoms with Gasteiger partial charge in [-0.05, 0) is 19.4 Å². The Morgan fingerprint density at radius 2 is 2.16 bits per heavy atom. The summed E-state index contributed by atoms with van der Waals surface area (Å²) in [6.07, 6.45) is 0.842. The standard InChI is InChI=1S/C15H19N3O/c1-5-10(2)18-13(9-16)11-7-6-8-12(17(3)4)14(11)15(18)19/h6-8,10,13H,5H2,1-4H3. The highest BCUT2D eigenvalue weighted by Crippen LogP contribution is 2.39. The first-order valence-corrected chi connectivity index (χ1v) is 6.55. The van der Waals surface area contributed by atoms with Gasteiger partial charge < -0.3 is 9.80 Å². The second-order valence-corrected chi connectivity index (χ2v) is 5.14. The minimum Gasteiger partial charge on any atom is -0.377 e. The average molecular weight is 257 g/mol. The van der Waals surface area contributed by atoms with Crippen LogP contribution in [0, 0.1) is 11.3 Å². The van der Waals surface area contributed by atoms with E-state index in [2.05, 4.69) is 6.07 Å². The number of nitrogens with zero attached hydrogens (tertiary/aromatic N) is 3. The third-order valence-electron chi connectivity index (χ3n) is 3.77. The van der Waals surface area contributed by atoms with E-state index in [1.165, 1.54) is 0 Å². The Morgan fingerprint density at radius 1 is 1.47 bits per heavy atom. The summed E-state index contributed by atoms with van der Waals surface area (Å²) in [6, 6.07) is 7.59. The molecule has 2 atom stereocenters. The van der Waals surface area contributed by atoms with Crippen molar-refractivity contribution in [3.8, 4) is 6.07 Å². The predicted molar refractivity (Wildman–Crippen MR) is 75.0 cm³/mol. The Morgan fingerprint density at radius 3 is 2.68 bits per heavy atom. The van der Waals surface area contributed by atoms with Gasteiger partial charge in [-0.2, -0.15) is 5.26 Å². The van der Waals surface area contributed by atoms with Gasteiger partial charge in [0.2, 0.25) is 0 Å². The molecule has 0 aliphatic carbocycles. The van der Waals surface area contributed by atoms with Crippen LogP contribution >= 0.6 is 0 Å². The molecule has 19 heavy (non-hydrogen) atoms. The van der Waals surface area contributed by atoms with Crippen molar-refractivity contribution in [2.75, 3.05) is 19.0 Å². The topological polar surface area (TPSA) is 47.3 Å². The zero-order valence-electron chi connectivity index (χ0n) is 11.8. The lowest BCUT2D eigenvalue weighted by Gasteiger charge is -2.26. The van der Waals surface area contributed by atoms with Gasteiger partial charge in [0.1, 0.15) is 6.04 Å². The molecule has 1 aromatic carbocycles. The van der Waals surface area contributed by atoms with E-state index in [9.17, 15) is 10.1 Å². The monoisotopic (exact) mass is 257 g/mol. The van der Waals surface area contributed by atoms with Crippen molar-refractivity contribution in [1.29, 1.82) is 5.26 Å². The van der Waals surface area contributed by atoms with Crippen LogP contribution in [0.3, 0.4) is 0 Å². The summed E-state index contributed by atoms with van der Waals surface area (Å²) in [5, 5.41) is 9.42. The first kappa shape index (κ1) is 13.4. The summed E-state index contributed by atoms with van der Waals surface area (Å²) in [5.74, 6) is -0.0276. The Hall–Kier alpha value is -2.02. The number of nitriles is 1. The molecule has 4 nitrogen and oxygen atoms in total. The number of benzene rings is 1. The molecule has 0 spiro atoms. The second kappa shape index (κ2) is 4.93. The van der Waals surface area contributed by atoms with E-state index in [4.69, 9.17) is 0 Å². The van der Waals surface area contributed by atoms with E-state index in [0.717, 1.165) is 17.7 Å². The molecule has 0 aromatic heterocycles. The Bertz CT molecular complexity index is 545. The highest BCUT2D eigenvalue weighted by atomic mass is 16.2. The number of fused-ring (bicyclic) bond motifs is 1. The fraction of sp³-hybridized carbons (Fsp3) is 0.467. The van der Waals surface area contributed by atoms with Crippen molar-refractivity contribution in [3.05, 3.63) is 29.3 Å². The highest BCUT2D eigenvalue weighted by molar-refractivity contribution is 6.05. The van der Waals surface area contributed by atoms with Crippen molar-refractivity contribution < 1.29 is 4.79 Å². The molecule has 100 valence electrons. The summed E-state index contributed by atoms with van der Waals surface area (Å²) >= 11 is 0. The molecule has 0 bridgehead atoms. The molecule has 1 aliphatic heterocycles. The summed E-state index contributed by atoms with van der Waals surface area (Å²) in [7, 11) is 3.83. The van der Waals surface area contributed by atoms with Crippen molar-refractivity contribution >= 4 is 11.6 Å². The molecule has 0 saturated heterocycles. The van der Waals surface area contributed by atoms with Gasteiger partial charge in [-0.25, -0.2) is 0 Å². The molecule has 4 heteroatoms. The highest BCUT2D eigenvalue weighted by Gasteiger charge is 2.40. The van der Waals surface area contributed by atoms with Crippen molar-refractivity contribution in [2.24, 2.45) is 0 Å². The van der Waals surface area contributed by atoms with E-state index in [1.54, 1.807) is 4.90 Å². The smallest absolute Gasteiger partial charge is 0.257 e. The maximum Gasteiger partial charge on any atom is 0.257 e. The number of carbonyl (C=O) groups is 1. The van der Waals surface area contributed by atoms with Gasteiger partial charge in [-0.15, -0.1) is 0 Å². The maximum atomic E-state index is 12.6. The minimum atomic E-state index is -0.461. The van der Waals surface area contributed by atoms with E-state index >= 15 is 0 Å². The molecule has 0 N–H and O–H groups in total. The van der Waals surface area contributed by atoms with Gasteiger partial charge in [0.15, 0.2) is 0 Å². The largest absolute Gasteiger partial charge is 0.377 e. The van der Waals surface area contributed by atoms with Crippen LogP contribution in [0.2, 0.25) is 0 Å². The van der Waals surface area contributed by atoms with Gasteiger partial charge in [-0.1, -0.05) is 19.1 Å². The first-order chi connectivity index (χ1) is 9.02. The Kier molecular flexibility index (Phi) is 3.48. The van der Waals surface area contributed by atoms with Crippen molar-refractivity contribution in [1.82, 2.24) is 4.90 Å². The number of hydrogen-bond donors (Lipinski definition) is 0. The van der Waals surface area contributed by atoms with Crippen LogP contribution in [-0.2, 0) is 0 Å². The number of rotatable bonds is 3. The van der Waals surface area contributed by atoms with Crippen molar-refractivity contribution in [3.63, 3.8) is 0 Å². The lowest BCUT2D eigenvalue weighted by Crippen LogP contribution is -2.35. The lowest BCUT2D eigenvalue weighted by atomic mass is 10.0. The Balaban J connectivity index is 2.59. The van der Waals surface area contributed by atoms with Crippen LogP contribution in [0.4, 0.5) is 5.69 Å². The summed E-state index contributed by atoms with van der Waals surface area (Å²) in [6.45, 7) is 4.02. The maximum absolute atomic E-state index is 12.6. The summed E-state index contributed by atoms with van der Waals surface area (Å²) < 4.78 is 0. The van der Waals surface area contributed by atoms with Crippen LogP contribution < -0.4 is 4.90 Å². The van der Waals surface area contributed by atoms with Crippen LogP contribution in [0.25, 0.3) is 0 Å². The molecule has 1 heterocycles. The fourth-order valence-electron chi connectivity index (χ4n) is 2.57. The third-order valence-corrected chi connectivity index (χ3v) is 3.77. The summed E-state index contributed by atoms with van der Waals surface area (Å²) in [4.78, 5) is 16.3. The zero-order valence-corrected chi connectivity index (χ0v) is 11.8. The van der Waals surface area contributed by atoms with Crippen LogP contribution in [0.1, 0.15) is 42.2 Å². The van der Waals surface area contributed by atoms with Crippen molar-refractivity contribution in [2.45, 2.75) is 32.4 Å². The van der Waals surface area contributed by atoms with Crippen LogP contribution in [-0.4, -0.2) is 30.9 Å². The van der Waals surface area contributed by atoms with E-state index in [-0.39, 0.29) is 11.9 Å². The second-order valence-electron chi connectivity index (χ2n) is 5.14. The number of anilines is 1. The minimum absolute atomic E-state index is 0.0276. The van der Waals surface area contributed by atoms with Crippen LogP contribution in [0.5, 0.6) is 0 Å². The van der Waals surface area contributed by atoms with Gasteiger partial charge in [0.25, 0.3) is 5.91 Å². The number of amides is 1. The van der Waals surface area contributed by atoms with E-state index < -0.39 is 6.04 Å². The molecule has 2 unspecified atom stereocenters. The molecular weight excluding hydrogens is 238 g/mol. The quantitative estimate of drug-likeness (QED) is 0.836. The predicted octanol–water partition coefficient (Wildman–Crippen LogP) is 2.57. The SMILES string of the molecule is CCC(C)N1C(=O)c2c(cccc2N(C)C)C1C#N. The molecule has 1 aliphatic rings. The third kappa shape index (κ3) is 1.95. The molecule has 0 fully saturated rings. The molecule has 0 radical (unpaired) electrons. The number of hydrogen-bond acceptors (Lipinski definition) is 3. The summed E-state index contributed by atoms with van der Waals surface area (Å²) in [5.41, 5.74) is 2.40. The van der Waals surface area contributed by atoms with Gasteiger partial charge in [0, 0.05) is 31.4 Å². The molecular formula is C15H19N3O. The molecule has 1 amide bonds. The zero-order chi connectivity index (χ0) is 14.2. The molecule has 2 rings (SSSR count). The van der Waals surface area contributed by atoms with Crippen LogP contribution in [0.15, 0.2) is 18.2 Å². The first-order valence-electron chi connectivity index (χ1n) is 6.55. The lowest BCUT2D eigenvalue weighted by molar-refractivity contribution is 0.0685. The van der Waals surface area contributed by atoms with E-state index in [1.807, 2.05) is 51.0 Å². The normalized spacial score (nSPS) is 19.0. The van der Waals surface area contributed by atoms with E-state index in [0.29, 0.717) is 5.56 Å². The van der Waals surface area contributed by atoms with Gasteiger partial charge >= 0.3 is 0 Å². The Labute approximate surface area is 114 Å². The molecule has 0 saturated carbocycles.